The number of benzene rings is 1. The number of nitro groups is 1. The van der Waals surface area contributed by atoms with E-state index < -0.39 is 4.92 Å². The van der Waals surface area contributed by atoms with E-state index in [2.05, 4.69) is 35.2 Å². The smallest absolute Gasteiger partial charge is 0.269 e. The lowest BCUT2D eigenvalue weighted by atomic mass is 10.2. The molecule has 1 aromatic heterocycles. The molecule has 30 heavy (non-hydrogen) atoms. The number of imidazole rings is 1. The van der Waals surface area contributed by atoms with Crippen molar-refractivity contribution in [1.29, 1.82) is 0 Å². The minimum Gasteiger partial charge on any atom is -0.368 e. The van der Waals surface area contributed by atoms with Crippen molar-refractivity contribution in [3.63, 3.8) is 0 Å². The molecule has 0 N–H and O–H groups in total. The Morgan fingerprint density at radius 2 is 1.80 bits per heavy atom. The number of anilines is 1. The highest BCUT2D eigenvalue weighted by molar-refractivity contribution is 7.99. The van der Waals surface area contributed by atoms with Crippen LogP contribution in [0.25, 0.3) is 0 Å². The van der Waals surface area contributed by atoms with Gasteiger partial charge in [0.15, 0.2) is 5.16 Å². The van der Waals surface area contributed by atoms with Crippen LogP contribution in [0.3, 0.4) is 0 Å². The third-order valence-electron chi connectivity index (χ3n) is 5.35. The number of rotatable bonds is 7. The van der Waals surface area contributed by atoms with Crippen molar-refractivity contribution in [1.82, 2.24) is 14.5 Å². The van der Waals surface area contributed by atoms with Gasteiger partial charge >= 0.3 is 0 Å². The molecule has 0 spiro atoms. The van der Waals surface area contributed by atoms with Crippen LogP contribution in [0.5, 0.6) is 0 Å². The molecule has 2 aromatic rings. The Hall–Kier alpha value is -2.55. The molecule has 0 bridgehead atoms. The van der Waals surface area contributed by atoms with Crippen molar-refractivity contribution in [2.45, 2.75) is 39.4 Å². The Labute approximate surface area is 181 Å². The van der Waals surface area contributed by atoms with Crippen LogP contribution in [0.2, 0.25) is 0 Å². The first-order valence-corrected chi connectivity index (χ1v) is 11.2. The van der Waals surface area contributed by atoms with E-state index in [0.717, 1.165) is 28.8 Å². The molecule has 1 aliphatic heterocycles. The van der Waals surface area contributed by atoms with Gasteiger partial charge in [0.25, 0.3) is 5.69 Å². The van der Waals surface area contributed by atoms with E-state index in [1.165, 1.54) is 23.9 Å². The predicted octanol–water partition coefficient (Wildman–Crippen LogP) is 3.51. The van der Waals surface area contributed by atoms with Gasteiger partial charge in [-0.2, -0.15) is 0 Å². The van der Waals surface area contributed by atoms with Gasteiger partial charge in [0.2, 0.25) is 5.91 Å². The molecule has 0 radical (unpaired) electrons. The molecule has 1 amide bonds. The second-order valence-electron chi connectivity index (χ2n) is 8.00. The fraction of sp³-hybridized carbons (Fsp3) is 0.524. The fourth-order valence-corrected chi connectivity index (χ4v) is 4.53. The number of thioether (sulfide) groups is 1. The number of piperazine rings is 1. The molecule has 0 saturated carbocycles. The van der Waals surface area contributed by atoms with E-state index in [1.54, 1.807) is 12.1 Å². The summed E-state index contributed by atoms with van der Waals surface area (Å²) in [7, 11) is 0. The standard InChI is InChI=1S/C21H29N5O3S/c1-15(2)13-25-17(4)16(3)22-21(25)30-14-20(27)24-11-9-23(10-12-24)18-5-7-19(8-6-18)26(28)29/h5-8,15H,9-14H2,1-4H3. The average Bonchev–Trinajstić information content (AvgIpc) is 2.99. The Morgan fingerprint density at radius 1 is 1.17 bits per heavy atom. The molecule has 1 saturated heterocycles. The quantitative estimate of drug-likeness (QED) is 0.379. The highest BCUT2D eigenvalue weighted by Gasteiger charge is 2.23. The number of aryl methyl sites for hydroxylation is 1. The molecule has 9 heteroatoms. The van der Waals surface area contributed by atoms with Crippen LogP contribution in [-0.2, 0) is 11.3 Å². The molecular formula is C21H29N5O3S. The van der Waals surface area contributed by atoms with Gasteiger partial charge in [-0.15, -0.1) is 0 Å². The number of carbonyl (C=O) groups excluding carboxylic acids is 1. The molecular weight excluding hydrogens is 402 g/mol. The van der Waals surface area contributed by atoms with Crippen molar-refractivity contribution in [3.8, 4) is 0 Å². The summed E-state index contributed by atoms with van der Waals surface area (Å²) in [6.07, 6.45) is 0. The largest absolute Gasteiger partial charge is 0.368 e. The summed E-state index contributed by atoms with van der Waals surface area (Å²) in [6.45, 7) is 12.1. The van der Waals surface area contributed by atoms with Gasteiger partial charge in [0.05, 0.1) is 16.4 Å². The molecule has 1 aliphatic rings. The first-order chi connectivity index (χ1) is 14.3. The third-order valence-corrected chi connectivity index (χ3v) is 6.31. The van der Waals surface area contributed by atoms with E-state index in [1.807, 2.05) is 11.8 Å². The van der Waals surface area contributed by atoms with Gasteiger partial charge in [-0.1, -0.05) is 25.6 Å². The van der Waals surface area contributed by atoms with Crippen LogP contribution >= 0.6 is 11.8 Å². The van der Waals surface area contributed by atoms with Crippen molar-refractivity contribution in [2.24, 2.45) is 5.92 Å². The van der Waals surface area contributed by atoms with Gasteiger partial charge in [0, 0.05) is 56.2 Å². The van der Waals surface area contributed by atoms with E-state index >= 15 is 0 Å². The fourth-order valence-electron chi connectivity index (χ4n) is 3.53. The summed E-state index contributed by atoms with van der Waals surface area (Å²) in [4.78, 5) is 31.8. The Balaban J connectivity index is 1.53. The topological polar surface area (TPSA) is 84.5 Å². The van der Waals surface area contributed by atoms with Gasteiger partial charge in [-0.3, -0.25) is 14.9 Å². The van der Waals surface area contributed by atoms with E-state index in [4.69, 9.17) is 0 Å². The molecule has 3 rings (SSSR count). The number of non-ortho nitro benzene ring substituents is 1. The first kappa shape index (κ1) is 22.1. The van der Waals surface area contributed by atoms with Crippen molar-refractivity contribution < 1.29 is 9.72 Å². The number of aromatic nitrogens is 2. The molecule has 1 aromatic carbocycles. The van der Waals surface area contributed by atoms with Gasteiger partial charge in [-0.05, 0) is 31.9 Å². The molecule has 0 atom stereocenters. The number of carbonyl (C=O) groups is 1. The van der Waals surface area contributed by atoms with Gasteiger partial charge in [0.1, 0.15) is 0 Å². The summed E-state index contributed by atoms with van der Waals surface area (Å²) in [5.41, 5.74) is 3.22. The van der Waals surface area contributed by atoms with Crippen LogP contribution in [0, 0.1) is 29.9 Å². The van der Waals surface area contributed by atoms with Crippen molar-refractivity contribution in [2.75, 3.05) is 36.8 Å². The zero-order chi connectivity index (χ0) is 21.8. The van der Waals surface area contributed by atoms with Crippen LogP contribution in [0.4, 0.5) is 11.4 Å². The summed E-state index contributed by atoms with van der Waals surface area (Å²) >= 11 is 1.51. The first-order valence-electron chi connectivity index (χ1n) is 10.2. The van der Waals surface area contributed by atoms with Crippen LogP contribution in [-0.4, -0.2) is 57.2 Å². The average molecular weight is 432 g/mol. The zero-order valence-corrected chi connectivity index (χ0v) is 18.8. The molecule has 1 fully saturated rings. The maximum atomic E-state index is 12.7. The molecule has 162 valence electrons. The maximum Gasteiger partial charge on any atom is 0.269 e. The molecule has 0 aliphatic carbocycles. The number of amides is 1. The molecule has 2 heterocycles. The van der Waals surface area contributed by atoms with E-state index in [9.17, 15) is 14.9 Å². The second kappa shape index (κ2) is 9.51. The second-order valence-corrected chi connectivity index (χ2v) is 8.94. The van der Waals surface area contributed by atoms with E-state index in [0.29, 0.717) is 37.8 Å². The number of nitro benzene ring substituents is 1. The van der Waals surface area contributed by atoms with Gasteiger partial charge < -0.3 is 14.4 Å². The van der Waals surface area contributed by atoms with E-state index in [-0.39, 0.29) is 11.6 Å². The third kappa shape index (κ3) is 5.13. The predicted molar refractivity (Wildman–Crippen MR) is 119 cm³/mol. The molecule has 8 nitrogen and oxygen atoms in total. The minimum atomic E-state index is -0.395. The Bertz CT molecular complexity index is 902. The monoisotopic (exact) mass is 431 g/mol. The summed E-state index contributed by atoms with van der Waals surface area (Å²) in [5, 5.41) is 11.7. The minimum absolute atomic E-state index is 0.0888. The Morgan fingerprint density at radius 3 is 2.37 bits per heavy atom. The Kier molecular flexibility index (Phi) is 7.02. The van der Waals surface area contributed by atoms with Crippen LogP contribution < -0.4 is 4.90 Å². The van der Waals surface area contributed by atoms with Crippen molar-refractivity contribution >= 4 is 29.0 Å². The number of hydrogen-bond acceptors (Lipinski definition) is 6. The normalized spacial score (nSPS) is 14.4. The lowest BCUT2D eigenvalue weighted by molar-refractivity contribution is -0.384. The lowest BCUT2D eigenvalue weighted by Crippen LogP contribution is -2.49. The van der Waals surface area contributed by atoms with Crippen LogP contribution in [0.15, 0.2) is 29.4 Å². The highest BCUT2D eigenvalue weighted by atomic mass is 32.2. The highest BCUT2D eigenvalue weighted by Crippen LogP contribution is 2.24. The SMILES string of the molecule is Cc1nc(SCC(=O)N2CCN(c3ccc([N+](=O)[O-])cc3)CC2)n(CC(C)C)c1C. The summed E-state index contributed by atoms with van der Waals surface area (Å²) in [6, 6.07) is 6.58. The van der Waals surface area contributed by atoms with Gasteiger partial charge in [-0.25, -0.2) is 4.98 Å². The lowest BCUT2D eigenvalue weighted by Gasteiger charge is -2.36. The van der Waals surface area contributed by atoms with Crippen molar-refractivity contribution in [3.05, 3.63) is 45.8 Å². The zero-order valence-electron chi connectivity index (χ0n) is 18.0. The van der Waals surface area contributed by atoms with Crippen LogP contribution in [0.1, 0.15) is 25.2 Å². The number of hydrogen-bond donors (Lipinski definition) is 0. The maximum absolute atomic E-state index is 12.7. The molecule has 0 unspecified atom stereocenters. The summed E-state index contributed by atoms with van der Waals surface area (Å²) in [5.74, 6) is 1.02. The summed E-state index contributed by atoms with van der Waals surface area (Å²) < 4.78 is 2.21. The number of nitrogens with zero attached hydrogens (tertiary/aromatic N) is 5.